The molecule has 6 heteroatoms. The fraction of sp³-hybridized carbons (Fsp3) is 0. The smallest absolute Gasteiger partial charge is 0.323 e. The highest BCUT2D eigenvalue weighted by molar-refractivity contribution is 6.04. The van der Waals surface area contributed by atoms with Crippen molar-refractivity contribution in [2.75, 3.05) is 4.90 Å². The number of para-hydroxylation sites is 2. The third kappa shape index (κ3) is 4.01. The van der Waals surface area contributed by atoms with Crippen LogP contribution in [0.5, 0.6) is 0 Å². The van der Waals surface area contributed by atoms with Gasteiger partial charge in [-0.25, -0.2) is 4.79 Å². The minimum absolute atomic E-state index is 0.442. The van der Waals surface area contributed by atoms with Crippen LogP contribution in [-0.4, -0.2) is 16.9 Å². The number of carbonyl (C=O) groups excluding carboxylic acids is 2. The van der Waals surface area contributed by atoms with Crippen molar-refractivity contribution in [1.82, 2.24) is 4.98 Å². The molecular weight excluding hydrogens is 340 g/mol. The number of pyridine rings is 1. The predicted octanol–water partition coefficient (Wildman–Crippen LogP) is 3.57. The van der Waals surface area contributed by atoms with Crippen LogP contribution in [0.2, 0.25) is 0 Å². The first-order chi connectivity index (χ1) is 13.1. The number of benzene rings is 2. The Kier molecular flexibility index (Phi) is 5.28. The lowest BCUT2D eigenvalue weighted by atomic mass is 10.1. The number of amides is 3. The Morgan fingerprint density at radius 2 is 1.33 bits per heavy atom. The summed E-state index contributed by atoms with van der Waals surface area (Å²) in [7, 11) is 0. The molecule has 0 fully saturated rings. The van der Waals surface area contributed by atoms with E-state index in [4.69, 9.17) is 11.5 Å². The van der Waals surface area contributed by atoms with Gasteiger partial charge in [-0.15, -0.1) is 0 Å². The van der Waals surface area contributed by atoms with Crippen LogP contribution in [0.25, 0.3) is 12.2 Å². The molecule has 0 atom stereocenters. The molecule has 1 aliphatic heterocycles. The van der Waals surface area contributed by atoms with Crippen LogP contribution in [0.4, 0.5) is 16.2 Å². The topological polar surface area (TPSA) is 102 Å². The summed E-state index contributed by atoms with van der Waals surface area (Å²) in [5, 5.41) is 0. The van der Waals surface area contributed by atoms with Gasteiger partial charge in [0.05, 0.1) is 16.9 Å². The van der Waals surface area contributed by atoms with Crippen LogP contribution in [0.15, 0.2) is 73.1 Å². The highest BCUT2D eigenvalue weighted by Crippen LogP contribution is 2.35. The summed E-state index contributed by atoms with van der Waals surface area (Å²) in [5.74, 6) is -0.442. The number of urea groups is 1. The van der Waals surface area contributed by atoms with Crippen LogP contribution in [0, 0.1) is 0 Å². The lowest BCUT2D eigenvalue weighted by Gasteiger charge is -2.22. The molecule has 4 rings (SSSR count). The summed E-state index contributed by atoms with van der Waals surface area (Å²) in [5.41, 5.74) is 14.5. The fourth-order valence-electron chi connectivity index (χ4n) is 2.72. The van der Waals surface area contributed by atoms with Gasteiger partial charge in [0.15, 0.2) is 0 Å². The maximum absolute atomic E-state index is 11.8. The molecule has 0 bridgehead atoms. The van der Waals surface area contributed by atoms with Gasteiger partial charge in [0.25, 0.3) is 0 Å². The number of nitrogens with zero attached hydrogens (tertiary/aromatic N) is 2. The third-order valence-electron chi connectivity index (χ3n) is 3.96. The monoisotopic (exact) mass is 358 g/mol. The van der Waals surface area contributed by atoms with E-state index in [2.05, 4.69) is 4.98 Å². The van der Waals surface area contributed by atoms with Crippen LogP contribution in [-0.2, 0) is 0 Å². The van der Waals surface area contributed by atoms with Crippen molar-refractivity contribution in [3.05, 3.63) is 89.7 Å². The number of nitrogens with two attached hydrogens (primary N) is 2. The number of anilines is 2. The summed E-state index contributed by atoms with van der Waals surface area (Å²) in [6.45, 7) is 0. The highest BCUT2D eigenvalue weighted by atomic mass is 16.2. The van der Waals surface area contributed by atoms with Crippen LogP contribution in [0.3, 0.4) is 0 Å². The van der Waals surface area contributed by atoms with E-state index in [0.29, 0.717) is 5.56 Å². The quantitative estimate of drug-likeness (QED) is 0.695. The van der Waals surface area contributed by atoms with Gasteiger partial charge in [-0.05, 0) is 35.4 Å². The van der Waals surface area contributed by atoms with Crippen molar-refractivity contribution >= 4 is 35.5 Å². The second-order valence-electron chi connectivity index (χ2n) is 5.73. The third-order valence-corrected chi connectivity index (χ3v) is 3.96. The minimum Gasteiger partial charge on any atom is -0.366 e. The van der Waals surface area contributed by atoms with Gasteiger partial charge in [0, 0.05) is 12.4 Å². The molecule has 0 radical (unpaired) electrons. The van der Waals surface area contributed by atoms with E-state index in [1.54, 1.807) is 23.2 Å². The number of carbonyl (C=O) groups is 2. The SMILES string of the molecule is NC(=O)N1c2ccccc2C=Cc2ccccc21.NC(=O)c1cccnc1. The maximum atomic E-state index is 11.8. The summed E-state index contributed by atoms with van der Waals surface area (Å²) in [4.78, 5) is 27.4. The number of hydrogen-bond acceptors (Lipinski definition) is 3. The van der Waals surface area contributed by atoms with Crippen LogP contribution >= 0.6 is 0 Å². The van der Waals surface area contributed by atoms with Crippen LogP contribution in [0.1, 0.15) is 21.5 Å². The van der Waals surface area contributed by atoms with E-state index in [0.717, 1.165) is 22.5 Å². The first-order valence-corrected chi connectivity index (χ1v) is 8.23. The molecule has 4 N–H and O–H groups in total. The number of rotatable bonds is 1. The first kappa shape index (κ1) is 17.9. The molecule has 27 heavy (non-hydrogen) atoms. The molecule has 6 nitrogen and oxygen atoms in total. The number of aromatic nitrogens is 1. The zero-order valence-electron chi connectivity index (χ0n) is 14.4. The Morgan fingerprint density at radius 3 is 1.74 bits per heavy atom. The standard InChI is InChI=1S/C15H12N2O.C6H6N2O/c16-15(18)17-13-7-3-1-5-11(13)9-10-12-6-2-4-8-14(12)17;7-6(9)5-2-1-3-8-4-5/h1-10H,(H2,16,18);1-4H,(H2,7,9). The van der Waals surface area contributed by atoms with Crippen LogP contribution < -0.4 is 16.4 Å². The highest BCUT2D eigenvalue weighted by Gasteiger charge is 2.21. The van der Waals surface area contributed by atoms with E-state index < -0.39 is 11.9 Å². The van der Waals surface area contributed by atoms with Crippen molar-refractivity contribution in [1.29, 1.82) is 0 Å². The molecule has 1 aliphatic rings. The Hall–Kier alpha value is -3.93. The molecule has 0 unspecified atom stereocenters. The Labute approximate surface area is 156 Å². The molecule has 1 aromatic heterocycles. The summed E-state index contributed by atoms with van der Waals surface area (Å²) in [6.07, 6.45) is 7.02. The molecule has 3 amide bonds. The molecule has 0 aliphatic carbocycles. The summed E-state index contributed by atoms with van der Waals surface area (Å²) in [6, 6.07) is 18.2. The second-order valence-corrected chi connectivity index (χ2v) is 5.73. The number of hydrogen-bond donors (Lipinski definition) is 2. The predicted molar refractivity (Wildman–Crippen MR) is 106 cm³/mol. The van der Waals surface area contributed by atoms with Gasteiger partial charge in [-0.3, -0.25) is 14.7 Å². The summed E-state index contributed by atoms with van der Waals surface area (Å²) < 4.78 is 0. The van der Waals surface area contributed by atoms with Crippen molar-refractivity contribution in [3.8, 4) is 0 Å². The van der Waals surface area contributed by atoms with Crippen molar-refractivity contribution in [3.63, 3.8) is 0 Å². The van der Waals surface area contributed by atoms with Gasteiger partial charge in [-0.1, -0.05) is 48.6 Å². The normalized spacial score (nSPS) is 11.3. The van der Waals surface area contributed by atoms with Gasteiger partial charge >= 0.3 is 6.03 Å². The lowest BCUT2D eigenvalue weighted by molar-refractivity contribution is 0.1000. The first-order valence-electron chi connectivity index (χ1n) is 8.23. The van der Waals surface area contributed by atoms with E-state index in [1.165, 1.54) is 6.20 Å². The average Bonchev–Trinajstić information content (AvgIpc) is 2.86. The molecular formula is C21H18N4O2. The zero-order valence-corrected chi connectivity index (χ0v) is 14.4. The maximum Gasteiger partial charge on any atom is 0.323 e. The second kappa shape index (κ2) is 7.97. The zero-order chi connectivity index (χ0) is 19.2. The van der Waals surface area contributed by atoms with Crippen molar-refractivity contribution < 1.29 is 9.59 Å². The fourth-order valence-corrected chi connectivity index (χ4v) is 2.72. The molecule has 0 spiro atoms. The average molecular weight is 358 g/mol. The molecule has 2 aromatic carbocycles. The molecule has 134 valence electrons. The molecule has 3 aromatic rings. The van der Waals surface area contributed by atoms with E-state index >= 15 is 0 Å². The van der Waals surface area contributed by atoms with Crippen molar-refractivity contribution in [2.45, 2.75) is 0 Å². The summed E-state index contributed by atoms with van der Waals surface area (Å²) >= 11 is 0. The molecule has 0 saturated heterocycles. The van der Waals surface area contributed by atoms with Crippen molar-refractivity contribution in [2.24, 2.45) is 11.5 Å². The number of fused-ring (bicyclic) bond motifs is 2. The van der Waals surface area contributed by atoms with Gasteiger partial charge in [0.1, 0.15) is 0 Å². The Balaban J connectivity index is 0.000000197. The van der Waals surface area contributed by atoms with E-state index in [-0.39, 0.29) is 0 Å². The lowest BCUT2D eigenvalue weighted by Crippen LogP contribution is -2.32. The minimum atomic E-state index is -0.474. The molecule has 0 saturated carbocycles. The van der Waals surface area contributed by atoms with Gasteiger partial charge in [-0.2, -0.15) is 0 Å². The molecule has 2 heterocycles. The largest absolute Gasteiger partial charge is 0.366 e. The van der Waals surface area contributed by atoms with Gasteiger partial charge < -0.3 is 11.5 Å². The van der Waals surface area contributed by atoms with E-state index in [9.17, 15) is 9.59 Å². The Morgan fingerprint density at radius 1 is 0.778 bits per heavy atom. The van der Waals surface area contributed by atoms with Gasteiger partial charge in [0.2, 0.25) is 5.91 Å². The van der Waals surface area contributed by atoms with E-state index in [1.807, 2.05) is 60.7 Å². The Bertz CT molecular complexity index is 950. The number of primary amides is 2.